The second kappa shape index (κ2) is 5.39. The van der Waals surface area contributed by atoms with E-state index < -0.39 is 0 Å². The molecule has 1 aromatic heterocycles. The fourth-order valence-corrected chi connectivity index (χ4v) is 2.93. The van der Waals surface area contributed by atoms with Gasteiger partial charge in [0.05, 0.1) is 19.4 Å². The molecule has 2 aromatic rings. The van der Waals surface area contributed by atoms with Crippen molar-refractivity contribution in [2.45, 2.75) is 26.4 Å². The van der Waals surface area contributed by atoms with E-state index in [2.05, 4.69) is 40.3 Å². The SMILES string of the molecule is Cc1ccoc1CNCc1cc(Br)cc2c1OCC2. The maximum atomic E-state index is 5.71. The van der Waals surface area contributed by atoms with Gasteiger partial charge in [-0.1, -0.05) is 15.9 Å². The molecule has 1 aliphatic rings. The molecule has 19 heavy (non-hydrogen) atoms. The fraction of sp³-hybridized carbons (Fsp3) is 0.333. The van der Waals surface area contributed by atoms with Crippen LogP contribution in [0, 0.1) is 6.92 Å². The van der Waals surface area contributed by atoms with Gasteiger partial charge in [0, 0.05) is 23.0 Å². The maximum Gasteiger partial charge on any atom is 0.127 e. The first-order chi connectivity index (χ1) is 9.24. The molecule has 1 N–H and O–H groups in total. The zero-order valence-corrected chi connectivity index (χ0v) is 12.4. The van der Waals surface area contributed by atoms with Crippen molar-refractivity contribution in [2.75, 3.05) is 6.61 Å². The second-order valence-corrected chi connectivity index (χ2v) is 5.70. The quantitative estimate of drug-likeness (QED) is 0.934. The van der Waals surface area contributed by atoms with Crippen molar-refractivity contribution in [1.29, 1.82) is 0 Å². The number of ether oxygens (including phenoxy) is 1. The summed E-state index contributed by atoms with van der Waals surface area (Å²) in [5.41, 5.74) is 3.68. The number of hydrogen-bond acceptors (Lipinski definition) is 3. The lowest BCUT2D eigenvalue weighted by Gasteiger charge is -2.10. The van der Waals surface area contributed by atoms with Gasteiger partial charge in [0.2, 0.25) is 0 Å². The third-order valence-electron chi connectivity index (χ3n) is 3.39. The molecule has 0 unspecified atom stereocenters. The first-order valence-corrected chi connectivity index (χ1v) is 7.21. The molecule has 3 rings (SSSR count). The Kier molecular flexibility index (Phi) is 3.62. The Morgan fingerprint density at radius 3 is 3.00 bits per heavy atom. The van der Waals surface area contributed by atoms with Crippen LogP contribution in [0.15, 0.2) is 33.4 Å². The van der Waals surface area contributed by atoms with Crippen LogP contribution in [0.4, 0.5) is 0 Å². The third-order valence-corrected chi connectivity index (χ3v) is 3.85. The predicted octanol–water partition coefficient (Wildman–Crippen LogP) is 3.58. The molecular formula is C15H16BrNO2. The highest BCUT2D eigenvalue weighted by Gasteiger charge is 2.17. The van der Waals surface area contributed by atoms with Gasteiger partial charge in [0.25, 0.3) is 0 Å². The summed E-state index contributed by atoms with van der Waals surface area (Å²) >= 11 is 3.56. The van der Waals surface area contributed by atoms with Gasteiger partial charge >= 0.3 is 0 Å². The van der Waals surface area contributed by atoms with E-state index in [1.807, 2.05) is 6.07 Å². The first-order valence-electron chi connectivity index (χ1n) is 6.42. The first kappa shape index (κ1) is 12.8. The van der Waals surface area contributed by atoms with Gasteiger partial charge in [-0.15, -0.1) is 0 Å². The van der Waals surface area contributed by atoms with E-state index in [0.29, 0.717) is 0 Å². The van der Waals surface area contributed by atoms with Crippen LogP contribution in [0.5, 0.6) is 5.75 Å². The van der Waals surface area contributed by atoms with Crippen molar-refractivity contribution in [2.24, 2.45) is 0 Å². The number of furan rings is 1. The van der Waals surface area contributed by atoms with Crippen LogP contribution < -0.4 is 10.1 Å². The molecule has 0 fully saturated rings. The van der Waals surface area contributed by atoms with Crippen LogP contribution in [-0.2, 0) is 19.5 Å². The van der Waals surface area contributed by atoms with Crippen molar-refractivity contribution in [3.05, 3.63) is 51.4 Å². The Hall–Kier alpha value is -1.26. The number of benzene rings is 1. The highest BCUT2D eigenvalue weighted by molar-refractivity contribution is 9.10. The topological polar surface area (TPSA) is 34.4 Å². The molecule has 0 spiro atoms. The number of aryl methyl sites for hydroxylation is 1. The summed E-state index contributed by atoms with van der Waals surface area (Å²) in [6.07, 6.45) is 2.73. The van der Waals surface area contributed by atoms with Crippen LogP contribution in [-0.4, -0.2) is 6.61 Å². The predicted molar refractivity (Wildman–Crippen MR) is 77.3 cm³/mol. The summed E-state index contributed by atoms with van der Waals surface area (Å²) in [6.45, 7) is 4.36. The summed E-state index contributed by atoms with van der Waals surface area (Å²) in [7, 11) is 0. The lowest BCUT2D eigenvalue weighted by atomic mass is 10.1. The Bertz CT molecular complexity index is 592. The lowest BCUT2D eigenvalue weighted by Crippen LogP contribution is -2.13. The minimum atomic E-state index is 0.736. The Labute approximate surface area is 121 Å². The van der Waals surface area contributed by atoms with E-state index in [1.165, 1.54) is 16.7 Å². The zero-order valence-electron chi connectivity index (χ0n) is 10.8. The standard InChI is InChI=1S/C15H16BrNO2/c1-10-2-4-18-14(10)9-17-8-12-7-13(16)6-11-3-5-19-15(11)12/h2,4,6-7,17H,3,5,8-9H2,1H3. The average Bonchev–Trinajstić information content (AvgIpc) is 2.98. The van der Waals surface area contributed by atoms with Crippen LogP contribution in [0.1, 0.15) is 22.5 Å². The summed E-state index contributed by atoms with van der Waals surface area (Å²) in [5, 5.41) is 3.41. The number of halogens is 1. The van der Waals surface area contributed by atoms with E-state index in [4.69, 9.17) is 9.15 Å². The molecule has 4 heteroatoms. The van der Waals surface area contributed by atoms with Gasteiger partial charge in [-0.05, 0) is 36.2 Å². The largest absolute Gasteiger partial charge is 0.493 e. The zero-order chi connectivity index (χ0) is 13.2. The molecule has 0 bridgehead atoms. The Morgan fingerprint density at radius 1 is 1.32 bits per heavy atom. The van der Waals surface area contributed by atoms with Gasteiger partial charge in [-0.25, -0.2) is 0 Å². The number of fused-ring (bicyclic) bond motifs is 1. The van der Waals surface area contributed by atoms with Crippen molar-refractivity contribution in [1.82, 2.24) is 5.32 Å². The second-order valence-electron chi connectivity index (χ2n) is 4.78. The summed E-state index contributed by atoms with van der Waals surface area (Å²) in [6, 6.07) is 6.24. The molecule has 100 valence electrons. The van der Waals surface area contributed by atoms with E-state index in [1.54, 1.807) is 6.26 Å². The normalized spacial score (nSPS) is 13.4. The van der Waals surface area contributed by atoms with E-state index in [-0.39, 0.29) is 0 Å². The minimum absolute atomic E-state index is 0.736. The fourth-order valence-electron chi connectivity index (χ4n) is 2.37. The highest BCUT2D eigenvalue weighted by Crippen LogP contribution is 2.32. The van der Waals surface area contributed by atoms with Gasteiger partial charge in [-0.3, -0.25) is 0 Å². The van der Waals surface area contributed by atoms with Crippen LogP contribution in [0.2, 0.25) is 0 Å². The maximum absolute atomic E-state index is 5.71. The Balaban J connectivity index is 1.69. The molecule has 0 atom stereocenters. The molecule has 2 heterocycles. The molecule has 1 aromatic carbocycles. The van der Waals surface area contributed by atoms with Gasteiger partial charge in [-0.2, -0.15) is 0 Å². The lowest BCUT2D eigenvalue weighted by molar-refractivity contribution is 0.352. The van der Waals surface area contributed by atoms with Gasteiger partial charge < -0.3 is 14.5 Å². The van der Waals surface area contributed by atoms with Gasteiger partial charge in [0.1, 0.15) is 11.5 Å². The van der Waals surface area contributed by atoms with Crippen molar-refractivity contribution in [3.63, 3.8) is 0 Å². The smallest absolute Gasteiger partial charge is 0.127 e. The summed E-state index contributed by atoms with van der Waals surface area (Å²) < 4.78 is 12.2. The van der Waals surface area contributed by atoms with E-state index in [9.17, 15) is 0 Å². The van der Waals surface area contributed by atoms with Crippen LogP contribution >= 0.6 is 15.9 Å². The van der Waals surface area contributed by atoms with Crippen LogP contribution in [0.25, 0.3) is 0 Å². The molecule has 3 nitrogen and oxygen atoms in total. The van der Waals surface area contributed by atoms with Crippen LogP contribution in [0.3, 0.4) is 0 Å². The summed E-state index contributed by atoms with van der Waals surface area (Å²) in [5.74, 6) is 2.04. The summed E-state index contributed by atoms with van der Waals surface area (Å²) in [4.78, 5) is 0. The molecule has 0 radical (unpaired) electrons. The average molecular weight is 322 g/mol. The van der Waals surface area contributed by atoms with E-state index in [0.717, 1.165) is 42.1 Å². The monoisotopic (exact) mass is 321 g/mol. The third kappa shape index (κ3) is 2.69. The van der Waals surface area contributed by atoms with Crippen molar-refractivity contribution >= 4 is 15.9 Å². The molecule has 0 amide bonds. The molecule has 0 saturated heterocycles. The highest BCUT2D eigenvalue weighted by atomic mass is 79.9. The minimum Gasteiger partial charge on any atom is -0.493 e. The Morgan fingerprint density at radius 2 is 2.21 bits per heavy atom. The van der Waals surface area contributed by atoms with Gasteiger partial charge in [0.15, 0.2) is 0 Å². The molecule has 1 aliphatic heterocycles. The van der Waals surface area contributed by atoms with E-state index >= 15 is 0 Å². The molecule has 0 saturated carbocycles. The molecule has 0 aliphatic carbocycles. The van der Waals surface area contributed by atoms with Crippen molar-refractivity contribution in [3.8, 4) is 5.75 Å². The molecular weight excluding hydrogens is 306 g/mol. The number of hydrogen-bond donors (Lipinski definition) is 1. The number of nitrogens with one attached hydrogen (secondary N) is 1. The van der Waals surface area contributed by atoms with Crippen molar-refractivity contribution < 1.29 is 9.15 Å². The number of rotatable bonds is 4.